The van der Waals surface area contributed by atoms with Gasteiger partial charge in [-0.1, -0.05) is 57.8 Å². The maximum absolute atomic E-state index is 12.2. The Morgan fingerprint density at radius 2 is 1.29 bits per heavy atom. The number of carbonyl (C=O) groups is 2. The number of unbranched alkanes of at least 4 members (excludes halogenated alkanes) is 9. The monoisotopic (exact) mass is 445 g/mol. The summed E-state index contributed by atoms with van der Waals surface area (Å²) in [5.41, 5.74) is 5.13. The summed E-state index contributed by atoms with van der Waals surface area (Å²) in [5.74, 6) is -0.152. The number of likely N-dealkylation sites (N-methyl/N-ethyl adjacent to an activating group) is 1. The highest BCUT2D eigenvalue weighted by molar-refractivity contribution is 5.81. The number of rotatable bonds is 24. The minimum absolute atomic E-state index is 0.0405. The summed E-state index contributed by atoms with van der Waals surface area (Å²) in [5, 5.41) is 6.04. The van der Waals surface area contributed by atoms with Crippen molar-refractivity contribution in [3.63, 3.8) is 0 Å². The van der Waals surface area contributed by atoms with E-state index in [0.29, 0.717) is 46.0 Å². The molecule has 8 nitrogen and oxygen atoms in total. The highest BCUT2D eigenvalue weighted by Crippen LogP contribution is 2.12. The molecule has 0 radical (unpaired) electrons. The second kappa shape index (κ2) is 23.4. The number of nitrogens with one attached hydrogen (secondary N) is 2. The fourth-order valence-electron chi connectivity index (χ4n) is 3.30. The highest BCUT2D eigenvalue weighted by atomic mass is 16.5. The van der Waals surface area contributed by atoms with Gasteiger partial charge < -0.3 is 30.6 Å². The topological polar surface area (TPSA) is 112 Å². The Morgan fingerprint density at radius 3 is 1.84 bits per heavy atom. The minimum Gasteiger partial charge on any atom is -0.382 e. The summed E-state index contributed by atoms with van der Waals surface area (Å²) in [4.78, 5) is 22.9. The summed E-state index contributed by atoms with van der Waals surface area (Å²) >= 11 is 0. The molecule has 0 aliphatic rings. The van der Waals surface area contributed by atoms with Crippen LogP contribution in [0.2, 0.25) is 0 Å². The van der Waals surface area contributed by atoms with E-state index in [1.807, 2.05) is 7.05 Å². The molecule has 0 saturated heterocycles. The predicted molar refractivity (Wildman–Crippen MR) is 124 cm³/mol. The minimum atomic E-state index is -0.192. The fourth-order valence-corrected chi connectivity index (χ4v) is 3.30. The Balaban J connectivity index is 3.47. The number of hydrogen-bond donors (Lipinski definition) is 3. The first-order chi connectivity index (χ1) is 15.1. The largest absolute Gasteiger partial charge is 0.382 e. The van der Waals surface area contributed by atoms with Gasteiger partial charge in [-0.25, -0.2) is 0 Å². The zero-order valence-corrected chi connectivity index (χ0v) is 19.9. The van der Waals surface area contributed by atoms with Crippen LogP contribution >= 0.6 is 0 Å². The average Bonchev–Trinajstić information content (AvgIpc) is 2.75. The maximum Gasteiger partial charge on any atom is 0.237 e. The van der Waals surface area contributed by atoms with Crippen molar-refractivity contribution in [3.8, 4) is 0 Å². The molecule has 0 aromatic carbocycles. The number of amides is 2. The molecule has 0 rings (SSSR count). The zero-order chi connectivity index (χ0) is 23.0. The van der Waals surface area contributed by atoms with E-state index >= 15 is 0 Å². The SMILES string of the molecule is CNC(CCCCCCCCCCCCC(N)=O)C(=O)NCCOCCOCCOC. The Bertz CT molecular complexity index is 424. The van der Waals surface area contributed by atoms with Crippen molar-refractivity contribution in [2.24, 2.45) is 5.73 Å². The van der Waals surface area contributed by atoms with E-state index < -0.39 is 0 Å². The normalized spacial score (nSPS) is 12.1. The van der Waals surface area contributed by atoms with Crippen LogP contribution in [0, 0.1) is 0 Å². The van der Waals surface area contributed by atoms with E-state index in [1.165, 1.54) is 38.5 Å². The number of carbonyl (C=O) groups excluding carboxylic acids is 2. The van der Waals surface area contributed by atoms with Crippen LogP contribution in [-0.4, -0.2) is 71.6 Å². The van der Waals surface area contributed by atoms with Gasteiger partial charge >= 0.3 is 0 Å². The molecule has 0 fully saturated rings. The van der Waals surface area contributed by atoms with E-state index in [0.717, 1.165) is 32.1 Å². The molecule has 0 saturated carbocycles. The summed E-state index contributed by atoms with van der Waals surface area (Å²) in [6.45, 7) is 3.21. The Labute approximate surface area is 189 Å². The van der Waals surface area contributed by atoms with Gasteiger partial charge in [0, 0.05) is 20.1 Å². The highest BCUT2D eigenvalue weighted by Gasteiger charge is 2.14. The summed E-state index contributed by atoms with van der Waals surface area (Å²) in [6.07, 6.45) is 13.1. The van der Waals surface area contributed by atoms with E-state index in [-0.39, 0.29) is 17.9 Å². The lowest BCUT2D eigenvalue weighted by atomic mass is 10.0. The Morgan fingerprint density at radius 1 is 0.774 bits per heavy atom. The van der Waals surface area contributed by atoms with Gasteiger partial charge in [0.1, 0.15) is 0 Å². The molecule has 0 aromatic heterocycles. The van der Waals surface area contributed by atoms with E-state index in [9.17, 15) is 9.59 Å². The molecule has 0 heterocycles. The molecular formula is C23H47N3O5. The zero-order valence-electron chi connectivity index (χ0n) is 19.9. The molecule has 0 aliphatic carbocycles. The van der Waals surface area contributed by atoms with Crippen LogP contribution in [0.5, 0.6) is 0 Å². The lowest BCUT2D eigenvalue weighted by Crippen LogP contribution is -2.43. The lowest BCUT2D eigenvalue weighted by Gasteiger charge is -2.16. The molecule has 0 aliphatic heterocycles. The van der Waals surface area contributed by atoms with Gasteiger partial charge in [-0.05, 0) is 19.9 Å². The van der Waals surface area contributed by atoms with Gasteiger partial charge in [0.25, 0.3) is 0 Å². The van der Waals surface area contributed by atoms with Crippen molar-refractivity contribution >= 4 is 11.8 Å². The molecule has 31 heavy (non-hydrogen) atoms. The third kappa shape index (κ3) is 21.8. The Hall–Kier alpha value is -1.22. The number of hydrogen-bond acceptors (Lipinski definition) is 6. The van der Waals surface area contributed by atoms with E-state index in [1.54, 1.807) is 7.11 Å². The first kappa shape index (κ1) is 29.8. The number of primary amides is 1. The van der Waals surface area contributed by atoms with Crippen LogP contribution < -0.4 is 16.4 Å². The van der Waals surface area contributed by atoms with Crippen molar-refractivity contribution in [1.29, 1.82) is 0 Å². The summed E-state index contributed by atoms with van der Waals surface area (Å²) < 4.78 is 15.6. The van der Waals surface area contributed by atoms with Crippen LogP contribution in [-0.2, 0) is 23.8 Å². The molecule has 0 bridgehead atoms. The van der Waals surface area contributed by atoms with Gasteiger partial charge in [0.05, 0.1) is 39.1 Å². The number of ether oxygens (including phenoxy) is 3. The summed E-state index contributed by atoms with van der Waals surface area (Å²) in [6, 6.07) is -0.141. The molecule has 0 spiro atoms. The van der Waals surface area contributed by atoms with Gasteiger partial charge in [-0.3, -0.25) is 9.59 Å². The van der Waals surface area contributed by atoms with Crippen molar-refractivity contribution in [2.75, 3.05) is 53.7 Å². The van der Waals surface area contributed by atoms with Crippen LogP contribution in [0.25, 0.3) is 0 Å². The van der Waals surface area contributed by atoms with Crippen LogP contribution in [0.15, 0.2) is 0 Å². The van der Waals surface area contributed by atoms with Crippen LogP contribution in [0.1, 0.15) is 77.0 Å². The first-order valence-corrected chi connectivity index (χ1v) is 12.0. The second-order valence-corrected chi connectivity index (χ2v) is 7.89. The molecular weight excluding hydrogens is 398 g/mol. The summed E-state index contributed by atoms with van der Waals surface area (Å²) in [7, 11) is 3.48. The molecule has 8 heteroatoms. The fraction of sp³-hybridized carbons (Fsp3) is 0.913. The number of methoxy groups -OCH3 is 1. The third-order valence-corrected chi connectivity index (χ3v) is 5.18. The molecule has 1 unspecified atom stereocenters. The second-order valence-electron chi connectivity index (χ2n) is 7.89. The molecule has 2 amide bonds. The average molecular weight is 446 g/mol. The quantitative estimate of drug-likeness (QED) is 0.197. The van der Waals surface area contributed by atoms with Gasteiger partial charge in [-0.2, -0.15) is 0 Å². The van der Waals surface area contributed by atoms with Crippen molar-refractivity contribution in [1.82, 2.24) is 10.6 Å². The lowest BCUT2D eigenvalue weighted by molar-refractivity contribution is -0.123. The van der Waals surface area contributed by atoms with E-state index in [2.05, 4.69) is 10.6 Å². The molecule has 0 aromatic rings. The standard InChI is InChI=1S/C23H47N3O5/c1-25-21(23(28)26-15-16-30-19-20-31-18-17-29-2)13-11-9-7-5-3-4-6-8-10-12-14-22(24)27/h21,25H,3-20H2,1-2H3,(H2,24,27)(H,26,28). The van der Waals surface area contributed by atoms with Gasteiger partial charge in [-0.15, -0.1) is 0 Å². The molecule has 1 atom stereocenters. The predicted octanol–water partition coefficient (Wildman–Crippen LogP) is 2.54. The van der Waals surface area contributed by atoms with Gasteiger partial charge in [0.2, 0.25) is 11.8 Å². The van der Waals surface area contributed by atoms with Crippen molar-refractivity contribution < 1.29 is 23.8 Å². The smallest absolute Gasteiger partial charge is 0.237 e. The van der Waals surface area contributed by atoms with E-state index in [4.69, 9.17) is 19.9 Å². The maximum atomic E-state index is 12.2. The number of nitrogens with two attached hydrogens (primary N) is 1. The first-order valence-electron chi connectivity index (χ1n) is 12.0. The Kier molecular flexibility index (Phi) is 22.5. The molecule has 4 N–H and O–H groups in total. The van der Waals surface area contributed by atoms with Crippen molar-refractivity contribution in [2.45, 2.75) is 83.1 Å². The van der Waals surface area contributed by atoms with Gasteiger partial charge in [0.15, 0.2) is 0 Å². The van der Waals surface area contributed by atoms with Crippen LogP contribution in [0.3, 0.4) is 0 Å². The molecule has 184 valence electrons. The van der Waals surface area contributed by atoms with Crippen LogP contribution in [0.4, 0.5) is 0 Å². The third-order valence-electron chi connectivity index (χ3n) is 5.18. The van der Waals surface area contributed by atoms with Crippen molar-refractivity contribution in [3.05, 3.63) is 0 Å².